The molecule has 1 aliphatic heterocycles. The smallest absolute Gasteiger partial charge is 0.132 e. The predicted molar refractivity (Wildman–Crippen MR) is 54.2 cm³/mol. The number of piperazine rings is 1. The summed E-state index contributed by atoms with van der Waals surface area (Å²) in [6, 6.07) is 9.62. The molecule has 1 aliphatic rings. The van der Waals surface area contributed by atoms with Crippen LogP contribution < -0.4 is 9.96 Å². The first-order chi connectivity index (χ1) is 6.31. The topological polar surface area (TPSA) is 35.1 Å². The lowest BCUT2D eigenvalue weighted by Crippen LogP contribution is -2.55. The van der Waals surface area contributed by atoms with Crippen LogP contribution in [-0.2, 0) is 0 Å². The highest BCUT2D eigenvalue weighted by Gasteiger charge is 2.22. The third kappa shape index (κ3) is 1.72. The van der Waals surface area contributed by atoms with E-state index in [1.807, 2.05) is 30.3 Å². The van der Waals surface area contributed by atoms with Crippen LogP contribution in [0, 0.1) is 5.21 Å². The molecule has 0 unspecified atom stereocenters. The zero-order valence-corrected chi connectivity index (χ0v) is 7.57. The molecule has 1 heterocycles. The van der Waals surface area contributed by atoms with Crippen LogP contribution >= 0.6 is 0 Å². The molecule has 2 rings (SSSR count). The first-order valence-electron chi connectivity index (χ1n) is 4.66. The minimum atomic E-state index is -0.173. The Bertz CT molecular complexity index is 268. The van der Waals surface area contributed by atoms with Gasteiger partial charge in [-0.3, -0.25) is 0 Å². The maximum atomic E-state index is 12.2. The van der Waals surface area contributed by atoms with Gasteiger partial charge < -0.3 is 15.2 Å². The highest BCUT2D eigenvalue weighted by atomic mass is 16.5. The number of hydroxylamine groups is 2. The summed E-state index contributed by atoms with van der Waals surface area (Å²) in [5.74, 6) is 0. The summed E-state index contributed by atoms with van der Waals surface area (Å²) < 4.78 is -0.173. The summed E-state index contributed by atoms with van der Waals surface area (Å²) in [6.45, 7) is 2.92. The van der Waals surface area contributed by atoms with Gasteiger partial charge in [-0.25, -0.2) is 0 Å². The number of quaternary nitrogens is 1. The molecule has 0 radical (unpaired) electrons. The fourth-order valence-corrected chi connectivity index (χ4v) is 1.71. The van der Waals surface area contributed by atoms with Gasteiger partial charge in [-0.15, -0.1) is 0 Å². The van der Waals surface area contributed by atoms with Crippen molar-refractivity contribution in [3.05, 3.63) is 35.5 Å². The number of nitrogens with zero attached hydrogens (tertiary/aromatic N) is 1. The Hall–Kier alpha value is -0.900. The molecule has 0 amide bonds. The van der Waals surface area contributed by atoms with Crippen molar-refractivity contribution in [3.8, 4) is 0 Å². The zero-order valence-electron chi connectivity index (χ0n) is 7.57. The molecule has 0 aromatic heterocycles. The van der Waals surface area contributed by atoms with Crippen LogP contribution in [0.4, 0.5) is 5.69 Å². The summed E-state index contributed by atoms with van der Waals surface area (Å²) in [4.78, 5) is 0. The largest absolute Gasteiger partial charge is 0.627 e. The summed E-state index contributed by atoms with van der Waals surface area (Å²) in [7, 11) is 0. The molecule has 1 aromatic carbocycles. The third-order valence-electron chi connectivity index (χ3n) is 2.53. The molecular formula is C10H14N2O. The van der Waals surface area contributed by atoms with E-state index in [4.69, 9.17) is 0 Å². The van der Waals surface area contributed by atoms with Crippen molar-refractivity contribution in [2.24, 2.45) is 0 Å². The molecule has 3 heteroatoms. The van der Waals surface area contributed by atoms with Gasteiger partial charge in [0.25, 0.3) is 0 Å². The Morgan fingerprint density at radius 3 is 2.31 bits per heavy atom. The first-order valence-corrected chi connectivity index (χ1v) is 4.66. The average Bonchev–Trinajstić information content (AvgIpc) is 2.20. The van der Waals surface area contributed by atoms with E-state index in [1.165, 1.54) is 0 Å². The van der Waals surface area contributed by atoms with Crippen molar-refractivity contribution in [1.82, 2.24) is 9.96 Å². The van der Waals surface area contributed by atoms with Gasteiger partial charge >= 0.3 is 0 Å². The molecule has 13 heavy (non-hydrogen) atoms. The van der Waals surface area contributed by atoms with Crippen molar-refractivity contribution in [2.45, 2.75) is 0 Å². The highest BCUT2D eigenvalue weighted by molar-refractivity contribution is 5.43. The number of para-hydroxylation sites is 1. The lowest BCUT2D eigenvalue weighted by Gasteiger charge is -2.44. The van der Waals surface area contributed by atoms with Crippen LogP contribution in [0.25, 0.3) is 0 Å². The second kappa shape index (κ2) is 3.46. The molecular weight excluding hydrogens is 164 g/mol. The van der Waals surface area contributed by atoms with E-state index < -0.39 is 0 Å². The Kier molecular flexibility index (Phi) is 2.31. The van der Waals surface area contributed by atoms with Crippen molar-refractivity contribution in [3.63, 3.8) is 0 Å². The molecule has 1 saturated heterocycles. The molecule has 70 valence electrons. The SMILES string of the molecule is [O-][N+]1(c2ccccc2)CCNCC1. The minimum absolute atomic E-state index is 0.173. The normalized spacial score (nSPS) is 21.3. The van der Waals surface area contributed by atoms with Crippen LogP contribution in [-0.4, -0.2) is 26.2 Å². The van der Waals surface area contributed by atoms with Gasteiger partial charge in [0, 0.05) is 13.1 Å². The maximum absolute atomic E-state index is 12.2. The van der Waals surface area contributed by atoms with Gasteiger partial charge in [-0.05, 0) is 12.1 Å². The maximum Gasteiger partial charge on any atom is 0.132 e. The van der Waals surface area contributed by atoms with E-state index >= 15 is 0 Å². The number of benzene rings is 1. The van der Waals surface area contributed by atoms with E-state index in [9.17, 15) is 5.21 Å². The number of hydrogen-bond acceptors (Lipinski definition) is 2. The molecule has 1 aromatic rings. The Morgan fingerprint density at radius 2 is 1.69 bits per heavy atom. The Morgan fingerprint density at radius 1 is 1.08 bits per heavy atom. The molecule has 0 bridgehead atoms. The second-order valence-electron chi connectivity index (χ2n) is 3.42. The fourth-order valence-electron chi connectivity index (χ4n) is 1.71. The number of hydrogen-bond donors (Lipinski definition) is 1. The molecule has 1 fully saturated rings. The van der Waals surface area contributed by atoms with Crippen LogP contribution in [0.5, 0.6) is 0 Å². The van der Waals surface area contributed by atoms with Gasteiger partial charge in [0.2, 0.25) is 0 Å². The van der Waals surface area contributed by atoms with Crippen molar-refractivity contribution in [2.75, 3.05) is 26.2 Å². The van der Waals surface area contributed by atoms with E-state index in [0.29, 0.717) is 13.1 Å². The molecule has 0 aliphatic carbocycles. The summed E-state index contributed by atoms with van der Waals surface area (Å²) in [5, 5.41) is 15.4. The number of rotatable bonds is 1. The van der Waals surface area contributed by atoms with Crippen molar-refractivity contribution in [1.29, 1.82) is 0 Å². The van der Waals surface area contributed by atoms with E-state index in [1.54, 1.807) is 0 Å². The number of nitrogens with one attached hydrogen (secondary N) is 1. The fraction of sp³-hybridized carbons (Fsp3) is 0.400. The Balaban J connectivity index is 2.23. The van der Waals surface area contributed by atoms with Crippen LogP contribution in [0.15, 0.2) is 30.3 Å². The van der Waals surface area contributed by atoms with Gasteiger partial charge in [-0.2, -0.15) is 0 Å². The molecule has 0 atom stereocenters. The van der Waals surface area contributed by atoms with E-state index in [0.717, 1.165) is 18.8 Å². The second-order valence-corrected chi connectivity index (χ2v) is 3.42. The van der Waals surface area contributed by atoms with E-state index in [2.05, 4.69) is 5.32 Å². The zero-order chi connectivity index (χ0) is 9.15. The van der Waals surface area contributed by atoms with Crippen LogP contribution in [0.2, 0.25) is 0 Å². The lowest BCUT2D eigenvalue weighted by atomic mass is 10.2. The monoisotopic (exact) mass is 178 g/mol. The van der Waals surface area contributed by atoms with Gasteiger partial charge in [-0.1, -0.05) is 18.2 Å². The molecule has 0 spiro atoms. The lowest BCUT2D eigenvalue weighted by molar-refractivity contribution is 0.321. The van der Waals surface area contributed by atoms with Gasteiger partial charge in [0.1, 0.15) is 5.69 Å². The van der Waals surface area contributed by atoms with Crippen molar-refractivity contribution >= 4 is 5.69 Å². The van der Waals surface area contributed by atoms with Gasteiger partial charge in [0.05, 0.1) is 13.1 Å². The van der Waals surface area contributed by atoms with Gasteiger partial charge in [0.15, 0.2) is 0 Å². The minimum Gasteiger partial charge on any atom is -0.627 e. The average molecular weight is 178 g/mol. The molecule has 3 nitrogen and oxygen atoms in total. The van der Waals surface area contributed by atoms with Crippen LogP contribution in [0.1, 0.15) is 0 Å². The van der Waals surface area contributed by atoms with Crippen molar-refractivity contribution < 1.29 is 0 Å². The molecule has 0 saturated carbocycles. The highest BCUT2D eigenvalue weighted by Crippen LogP contribution is 2.21. The van der Waals surface area contributed by atoms with Crippen LogP contribution in [0.3, 0.4) is 0 Å². The summed E-state index contributed by atoms with van der Waals surface area (Å²) in [6.07, 6.45) is 0. The first kappa shape index (κ1) is 8.69. The quantitative estimate of drug-likeness (QED) is 0.516. The molecule has 1 N–H and O–H groups in total. The summed E-state index contributed by atoms with van der Waals surface area (Å²) >= 11 is 0. The predicted octanol–water partition coefficient (Wildman–Crippen LogP) is 1.09. The Labute approximate surface area is 78.2 Å². The third-order valence-corrected chi connectivity index (χ3v) is 2.53. The standard InChI is InChI=1S/C10H14N2O/c13-12(8-6-11-7-9-12)10-4-2-1-3-5-10/h1-5,11H,6-9H2. The summed E-state index contributed by atoms with van der Waals surface area (Å²) in [5.41, 5.74) is 0.879. The van der Waals surface area contributed by atoms with E-state index in [-0.39, 0.29) is 4.65 Å².